The fraction of sp³-hybridized carbons (Fsp3) is 0.167. The van der Waals surface area contributed by atoms with E-state index in [-0.39, 0.29) is 4.77 Å². The lowest BCUT2D eigenvalue weighted by Gasteiger charge is -2.11. The van der Waals surface area contributed by atoms with Gasteiger partial charge in [-0.2, -0.15) is 22.9 Å². The van der Waals surface area contributed by atoms with Crippen molar-refractivity contribution in [3.05, 3.63) is 70.3 Å². The molecule has 10 heteroatoms. The summed E-state index contributed by atoms with van der Waals surface area (Å²) in [6.07, 6.45) is -3.46. The van der Waals surface area contributed by atoms with Crippen molar-refractivity contribution in [3.63, 3.8) is 0 Å². The highest BCUT2D eigenvalue weighted by atomic mass is 32.1. The van der Waals surface area contributed by atoms with Crippen molar-refractivity contribution in [3.8, 4) is 11.5 Å². The molecule has 146 valence electrons. The minimum Gasteiger partial charge on any atom is -0.493 e. The summed E-state index contributed by atoms with van der Waals surface area (Å²) < 4.78 is 50.1. The summed E-state index contributed by atoms with van der Waals surface area (Å²) in [6.45, 7) is 0.351. The summed E-state index contributed by atoms with van der Waals surface area (Å²) in [4.78, 5) is 0. The zero-order chi connectivity index (χ0) is 20.1. The van der Waals surface area contributed by atoms with Crippen LogP contribution in [0.15, 0.2) is 53.6 Å². The first-order valence-corrected chi connectivity index (χ1v) is 8.43. The molecule has 0 fully saturated rings. The number of aromatic amines is 1. The number of nitrogens with one attached hydrogen (secondary N) is 1. The molecule has 0 saturated heterocycles. The second-order valence-electron chi connectivity index (χ2n) is 5.59. The fourth-order valence-electron chi connectivity index (χ4n) is 2.33. The molecule has 0 unspecified atom stereocenters. The Morgan fingerprint density at radius 3 is 2.61 bits per heavy atom. The number of methoxy groups -OCH3 is 1. The van der Waals surface area contributed by atoms with Crippen molar-refractivity contribution in [1.29, 1.82) is 0 Å². The molecule has 28 heavy (non-hydrogen) atoms. The van der Waals surface area contributed by atoms with Crippen molar-refractivity contribution < 1.29 is 22.6 Å². The summed E-state index contributed by atoms with van der Waals surface area (Å²) in [5.41, 5.74) is 1.49. The van der Waals surface area contributed by atoms with E-state index in [0.29, 0.717) is 28.3 Å². The second kappa shape index (κ2) is 8.26. The number of alkyl halides is 3. The lowest BCUT2D eigenvalue weighted by molar-refractivity contribution is -0.147. The number of hydrogen-bond acceptors (Lipinski definition) is 5. The Hall–Kier alpha value is -3.14. The number of ether oxygens (including phenoxy) is 2. The monoisotopic (exact) mass is 408 g/mol. The van der Waals surface area contributed by atoms with E-state index in [1.807, 2.05) is 30.3 Å². The predicted molar refractivity (Wildman–Crippen MR) is 99.2 cm³/mol. The molecule has 3 aromatic rings. The number of H-pyrrole nitrogens is 1. The molecule has 1 N–H and O–H groups in total. The molecule has 3 rings (SSSR count). The topological polar surface area (TPSA) is 64.4 Å². The SMILES string of the molecule is COc1cc(/C=N/n2c(C(F)(F)F)n[nH]c2=S)ccc1OCc1ccccc1. The molecule has 0 atom stereocenters. The summed E-state index contributed by atoms with van der Waals surface area (Å²) in [5.74, 6) is -0.311. The Kier molecular flexibility index (Phi) is 5.78. The number of rotatable bonds is 6. The molecule has 1 aromatic heterocycles. The highest BCUT2D eigenvalue weighted by molar-refractivity contribution is 7.71. The highest BCUT2D eigenvalue weighted by Crippen LogP contribution is 2.29. The smallest absolute Gasteiger partial charge is 0.453 e. The fourth-order valence-corrected chi connectivity index (χ4v) is 2.50. The van der Waals surface area contributed by atoms with Crippen molar-refractivity contribution in [2.24, 2.45) is 5.10 Å². The number of benzene rings is 2. The number of nitrogens with zero attached hydrogens (tertiary/aromatic N) is 3. The van der Waals surface area contributed by atoms with Gasteiger partial charge in [-0.3, -0.25) is 0 Å². The zero-order valence-electron chi connectivity index (χ0n) is 14.6. The molecule has 1 heterocycles. The van der Waals surface area contributed by atoms with Gasteiger partial charge in [0.15, 0.2) is 11.5 Å². The largest absolute Gasteiger partial charge is 0.493 e. The first kappa shape index (κ1) is 19.6. The summed E-state index contributed by atoms with van der Waals surface area (Å²) >= 11 is 4.79. The third-order valence-electron chi connectivity index (χ3n) is 3.65. The number of halogens is 3. The third-order valence-corrected chi connectivity index (χ3v) is 3.92. The average Bonchev–Trinajstić information content (AvgIpc) is 3.06. The van der Waals surface area contributed by atoms with Crippen molar-refractivity contribution in [2.45, 2.75) is 12.8 Å². The van der Waals surface area contributed by atoms with Gasteiger partial charge in [-0.05, 0) is 41.5 Å². The van der Waals surface area contributed by atoms with E-state index in [4.69, 9.17) is 21.7 Å². The minimum absolute atomic E-state index is 0.265. The Morgan fingerprint density at radius 2 is 1.93 bits per heavy atom. The first-order chi connectivity index (χ1) is 13.4. The van der Waals surface area contributed by atoms with Crippen molar-refractivity contribution in [1.82, 2.24) is 14.9 Å². The van der Waals surface area contributed by atoms with E-state index in [1.165, 1.54) is 13.3 Å². The predicted octanol–water partition coefficient (Wildman–Crippen LogP) is 4.43. The summed E-state index contributed by atoms with van der Waals surface area (Å²) in [7, 11) is 1.47. The lowest BCUT2D eigenvalue weighted by Crippen LogP contribution is -2.12. The van der Waals surface area contributed by atoms with Crippen LogP contribution >= 0.6 is 12.2 Å². The molecule has 0 amide bonds. The second-order valence-corrected chi connectivity index (χ2v) is 5.98. The van der Waals surface area contributed by atoms with Crippen LogP contribution in [-0.2, 0) is 12.8 Å². The molecular weight excluding hydrogens is 393 g/mol. The first-order valence-electron chi connectivity index (χ1n) is 8.02. The van der Waals surface area contributed by atoms with Crippen LogP contribution in [0.3, 0.4) is 0 Å². The van der Waals surface area contributed by atoms with Crippen LogP contribution in [0.1, 0.15) is 17.0 Å². The average molecular weight is 408 g/mol. The van der Waals surface area contributed by atoms with E-state index >= 15 is 0 Å². The Bertz CT molecular complexity index is 1030. The van der Waals surface area contributed by atoms with Gasteiger partial charge < -0.3 is 9.47 Å². The van der Waals surface area contributed by atoms with Crippen LogP contribution in [0, 0.1) is 4.77 Å². The van der Waals surface area contributed by atoms with E-state index in [9.17, 15) is 13.2 Å². The van der Waals surface area contributed by atoms with Crippen LogP contribution < -0.4 is 9.47 Å². The van der Waals surface area contributed by atoms with Gasteiger partial charge in [0.25, 0.3) is 5.82 Å². The number of hydrogen-bond donors (Lipinski definition) is 1. The molecule has 6 nitrogen and oxygen atoms in total. The third kappa shape index (κ3) is 4.58. The quantitative estimate of drug-likeness (QED) is 0.484. The van der Waals surface area contributed by atoms with E-state index < -0.39 is 12.0 Å². The minimum atomic E-state index is -4.68. The van der Waals surface area contributed by atoms with Gasteiger partial charge >= 0.3 is 6.18 Å². The van der Waals surface area contributed by atoms with Gasteiger partial charge in [-0.15, -0.1) is 5.10 Å². The van der Waals surface area contributed by atoms with E-state index in [1.54, 1.807) is 18.2 Å². The molecule has 0 aliphatic carbocycles. The van der Waals surface area contributed by atoms with Crippen LogP contribution in [-0.4, -0.2) is 28.2 Å². The highest BCUT2D eigenvalue weighted by Gasteiger charge is 2.37. The van der Waals surface area contributed by atoms with Crippen LogP contribution in [0.5, 0.6) is 11.5 Å². The standard InChI is InChI=1S/C18H15F3N4O2S/c1-26-15-9-13(7-8-14(15)27-11-12-5-3-2-4-6-12)10-22-25-16(18(19,20)21)23-24-17(25)28/h2-10H,11H2,1H3,(H,24,28)/b22-10+. The van der Waals surface area contributed by atoms with E-state index in [2.05, 4.69) is 15.3 Å². The molecule has 0 saturated carbocycles. The van der Waals surface area contributed by atoms with Gasteiger partial charge in [0, 0.05) is 0 Å². The molecule has 0 bridgehead atoms. The number of aromatic nitrogens is 3. The Labute approximate surface area is 163 Å². The molecule has 0 aliphatic rings. The zero-order valence-corrected chi connectivity index (χ0v) is 15.4. The molecule has 0 spiro atoms. The summed E-state index contributed by atoms with van der Waals surface area (Å²) in [5, 5.41) is 9.02. The molecule has 2 aromatic carbocycles. The Morgan fingerprint density at radius 1 is 1.18 bits per heavy atom. The van der Waals surface area contributed by atoms with Crippen LogP contribution in [0.25, 0.3) is 0 Å². The van der Waals surface area contributed by atoms with Gasteiger partial charge in [0.05, 0.1) is 13.3 Å². The maximum Gasteiger partial charge on any atom is 0.453 e. The molecule has 0 radical (unpaired) electrons. The van der Waals surface area contributed by atoms with E-state index in [0.717, 1.165) is 5.56 Å². The molecular formula is C18H15F3N4O2S. The van der Waals surface area contributed by atoms with Crippen molar-refractivity contribution >= 4 is 18.4 Å². The van der Waals surface area contributed by atoms with Gasteiger partial charge in [-0.25, -0.2) is 5.10 Å². The molecule has 0 aliphatic heterocycles. The Balaban J connectivity index is 1.80. The van der Waals surface area contributed by atoms with Crippen LogP contribution in [0.4, 0.5) is 13.2 Å². The summed E-state index contributed by atoms with van der Waals surface area (Å²) in [6, 6.07) is 14.5. The van der Waals surface area contributed by atoms with Gasteiger partial charge in [0.2, 0.25) is 4.77 Å². The normalized spacial score (nSPS) is 11.7. The lowest BCUT2D eigenvalue weighted by atomic mass is 10.2. The van der Waals surface area contributed by atoms with Gasteiger partial charge in [0.1, 0.15) is 6.61 Å². The van der Waals surface area contributed by atoms with Crippen LogP contribution in [0.2, 0.25) is 0 Å². The van der Waals surface area contributed by atoms with Crippen molar-refractivity contribution in [2.75, 3.05) is 7.11 Å². The maximum absolute atomic E-state index is 12.9. The van der Waals surface area contributed by atoms with Gasteiger partial charge in [-0.1, -0.05) is 30.3 Å². The maximum atomic E-state index is 12.9.